The molecule has 1 aliphatic heterocycles. The van der Waals surface area contributed by atoms with Crippen LogP contribution >= 0.6 is 0 Å². The Bertz CT molecular complexity index is 662. The maximum absolute atomic E-state index is 13.1. The summed E-state index contributed by atoms with van der Waals surface area (Å²) in [6.07, 6.45) is 4.08. The minimum Gasteiger partial charge on any atom is -0.313 e. The monoisotopic (exact) mass is 326 g/mol. The molecule has 0 aliphatic carbocycles. The molecule has 1 aliphatic rings. The normalized spacial score (nSPS) is 17.0. The van der Waals surface area contributed by atoms with Crippen LogP contribution in [-0.2, 0) is 0 Å². The number of hydrogen-bond acceptors (Lipinski definition) is 4. The van der Waals surface area contributed by atoms with E-state index in [4.69, 9.17) is 0 Å². The van der Waals surface area contributed by atoms with Crippen molar-refractivity contribution in [2.45, 2.75) is 18.8 Å². The summed E-state index contributed by atoms with van der Waals surface area (Å²) in [4.78, 5) is 6.89. The maximum atomic E-state index is 13.1. The number of benzene rings is 1. The first-order chi connectivity index (χ1) is 11.8. The Morgan fingerprint density at radius 1 is 1.21 bits per heavy atom. The Balaban J connectivity index is 1.61. The van der Waals surface area contributed by atoms with E-state index in [0.29, 0.717) is 5.92 Å². The first-order valence-corrected chi connectivity index (χ1v) is 8.39. The predicted octanol–water partition coefficient (Wildman–Crippen LogP) is 3.02. The average molecular weight is 326 g/mol. The molecule has 1 aromatic heterocycles. The molecule has 3 rings (SSSR count). The standard InChI is InChI=1S/C19H23FN4/c1-21-23-19(15-5-7-17(20)8-6-15)14-24-12-9-16(10-13-24)18-4-2-3-11-22-18/h2-8,11,16,21H,9-10,12-14H2,1H3. The smallest absolute Gasteiger partial charge is 0.123 e. The molecular weight excluding hydrogens is 303 g/mol. The lowest BCUT2D eigenvalue weighted by Crippen LogP contribution is -2.37. The first kappa shape index (κ1) is 16.6. The van der Waals surface area contributed by atoms with Gasteiger partial charge in [-0.1, -0.05) is 18.2 Å². The largest absolute Gasteiger partial charge is 0.313 e. The lowest BCUT2D eigenvalue weighted by atomic mass is 9.93. The fourth-order valence-electron chi connectivity index (χ4n) is 3.18. The second kappa shape index (κ2) is 8.02. The highest BCUT2D eigenvalue weighted by atomic mass is 19.1. The van der Waals surface area contributed by atoms with E-state index in [0.717, 1.165) is 43.8 Å². The number of aromatic nitrogens is 1. The van der Waals surface area contributed by atoms with E-state index < -0.39 is 0 Å². The van der Waals surface area contributed by atoms with Gasteiger partial charge in [-0.2, -0.15) is 5.10 Å². The molecule has 5 heteroatoms. The third-order valence-corrected chi connectivity index (χ3v) is 4.49. The minimum absolute atomic E-state index is 0.223. The third kappa shape index (κ3) is 4.17. The Kier molecular flexibility index (Phi) is 5.54. The van der Waals surface area contributed by atoms with Crippen molar-refractivity contribution in [2.24, 2.45) is 5.10 Å². The lowest BCUT2D eigenvalue weighted by molar-refractivity contribution is 0.237. The summed E-state index contributed by atoms with van der Waals surface area (Å²) in [6, 6.07) is 12.7. The summed E-state index contributed by atoms with van der Waals surface area (Å²) in [5, 5.41) is 4.39. The van der Waals surface area contributed by atoms with Crippen LogP contribution in [0, 0.1) is 5.82 Å². The highest BCUT2D eigenvalue weighted by Crippen LogP contribution is 2.26. The maximum Gasteiger partial charge on any atom is 0.123 e. The van der Waals surface area contributed by atoms with E-state index >= 15 is 0 Å². The molecule has 0 amide bonds. The van der Waals surface area contributed by atoms with Gasteiger partial charge in [0.2, 0.25) is 0 Å². The number of nitrogens with one attached hydrogen (secondary N) is 1. The lowest BCUT2D eigenvalue weighted by Gasteiger charge is -2.31. The summed E-state index contributed by atoms with van der Waals surface area (Å²) in [5.74, 6) is 0.316. The number of nitrogens with zero attached hydrogens (tertiary/aromatic N) is 3. The van der Waals surface area contributed by atoms with Gasteiger partial charge in [0.25, 0.3) is 0 Å². The van der Waals surface area contributed by atoms with Gasteiger partial charge in [0.05, 0.1) is 5.71 Å². The number of piperidine rings is 1. The van der Waals surface area contributed by atoms with Crippen LogP contribution in [0.5, 0.6) is 0 Å². The molecule has 0 radical (unpaired) electrons. The quantitative estimate of drug-likeness (QED) is 0.678. The van der Waals surface area contributed by atoms with Gasteiger partial charge < -0.3 is 5.43 Å². The molecule has 0 unspecified atom stereocenters. The van der Waals surface area contributed by atoms with E-state index in [1.54, 1.807) is 19.2 Å². The molecule has 4 nitrogen and oxygen atoms in total. The van der Waals surface area contributed by atoms with Gasteiger partial charge in [-0.15, -0.1) is 0 Å². The van der Waals surface area contributed by atoms with Crippen molar-refractivity contribution < 1.29 is 4.39 Å². The van der Waals surface area contributed by atoms with Crippen LogP contribution in [0.2, 0.25) is 0 Å². The van der Waals surface area contributed by atoms with Crippen molar-refractivity contribution in [3.05, 3.63) is 65.7 Å². The molecular formula is C19H23FN4. The number of hydrogen-bond donors (Lipinski definition) is 1. The Hall–Kier alpha value is -2.27. The average Bonchev–Trinajstić information content (AvgIpc) is 2.63. The molecule has 24 heavy (non-hydrogen) atoms. The van der Waals surface area contributed by atoms with Crippen LogP contribution in [0.1, 0.15) is 30.0 Å². The van der Waals surface area contributed by atoms with Gasteiger partial charge >= 0.3 is 0 Å². The second-order valence-electron chi connectivity index (χ2n) is 6.09. The zero-order chi connectivity index (χ0) is 16.8. The molecule has 2 aromatic rings. The van der Waals surface area contributed by atoms with Gasteiger partial charge in [0, 0.05) is 31.4 Å². The fourth-order valence-corrected chi connectivity index (χ4v) is 3.18. The number of hydrazone groups is 1. The number of likely N-dealkylation sites (tertiary alicyclic amines) is 1. The topological polar surface area (TPSA) is 40.5 Å². The molecule has 1 fully saturated rings. The molecule has 126 valence electrons. The van der Waals surface area contributed by atoms with Crippen LogP contribution < -0.4 is 5.43 Å². The first-order valence-electron chi connectivity index (χ1n) is 8.39. The van der Waals surface area contributed by atoms with Crippen molar-refractivity contribution >= 4 is 5.71 Å². The molecule has 1 saturated heterocycles. The van der Waals surface area contributed by atoms with E-state index in [1.807, 2.05) is 12.3 Å². The van der Waals surface area contributed by atoms with E-state index in [1.165, 1.54) is 17.8 Å². The summed E-state index contributed by atoms with van der Waals surface area (Å²) >= 11 is 0. The summed E-state index contributed by atoms with van der Waals surface area (Å²) in [6.45, 7) is 2.80. The van der Waals surface area contributed by atoms with Crippen LogP contribution in [0.3, 0.4) is 0 Å². The highest BCUT2D eigenvalue weighted by Gasteiger charge is 2.22. The zero-order valence-electron chi connectivity index (χ0n) is 14.0. The van der Waals surface area contributed by atoms with Crippen LogP contribution in [0.4, 0.5) is 4.39 Å². The second-order valence-corrected chi connectivity index (χ2v) is 6.09. The van der Waals surface area contributed by atoms with Gasteiger partial charge in [-0.3, -0.25) is 9.88 Å². The number of rotatable bonds is 5. The molecule has 1 N–H and O–H groups in total. The molecule has 0 saturated carbocycles. The molecule has 1 aromatic carbocycles. The zero-order valence-corrected chi connectivity index (χ0v) is 14.0. The highest BCUT2D eigenvalue weighted by molar-refractivity contribution is 6.01. The number of pyridine rings is 1. The minimum atomic E-state index is -0.223. The van der Waals surface area contributed by atoms with E-state index in [2.05, 4.69) is 32.5 Å². The van der Waals surface area contributed by atoms with Gasteiger partial charge in [0.1, 0.15) is 5.82 Å². The van der Waals surface area contributed by atoms with Crippen molar-refractivity contribution in [1.29, 1.82) is 0 Å². The Morgan fingerprint density at radius 3 is 2.58 bits per heavy atom. The van der Waals surface area contributed by atoms with Crippen LogP contribution in [0.15, 0.2) is 53.8 Å². The molecule has 2 heterocycles. The van der Waals surface area contributed by atoms with Crippen molar-refractivity contribution in [3.8, 4) is 0 Å². The van der Waals surface area contributed by atoms with E-state index in [-0.39, 0.29) is 5.82 Å². The van der Waals surface area contributed by atoms with Crippen LogP contribution in [-0.4, -0.2) is 42.3 Å². The van der Waals surface area contributed by atoms with Crippen molar-refractivity contribution in [2.75, 3.05) is 26.7 Å². The number of halogens is 1. The van der Waals surface area contributed by atoms with E-state index in [9.17, 15) is 4.39 Å². The molecule has 0 atom stereocenters. The van der Waals surface area contributed by atoms with Crippen molar-refractivity contribution in [3.63, 3.8) is 0 Å². The third-order valence-electron chi connectivity index (χ3n) is 4.49. The molecule has 0 bridgehead atoms. The van der Waals surface area contributed by atoms with Gasteiger partial charge in [-0.05, 0) is 55.8 Å². The van der Waals surface area contributed by atoms with Gasteiger partial charge in [0.15, 0.2) is 0 Å². The van der Waals surface area contributed by atoms with Crippen molar-refractivity contribution in [1.82, 2.24) is 15.3 Å². The fraction of sp³-hybridized carbons (Fsp3) is 0.368. The Labute approximate surface area is 142 Å². The van der Waals surface area contributed by atoms with Gasteiger partial charge in [-0.25, -0.2) is 4.39 Å². The SMILES string of the molecule is CNN=C(CN1CCC(c2ccccn2)CC1)c1ccc(F)cc1. The summed E-state index contributed by atoms with van der Waals surface area (Å²) in [7, 11) is 1.79. The molecule has 0 spiro atoms. The summed E-state index contributed by atoms with van der Waals surface area (Å²) < 4.78 is 13.1. The Morgan fingerprint density at radius 2 is 1.96 bits per heavy atom. The van der Waals surface area contributed by atoms with Crippen LogP contribution in [0.25, 0.3) is 0 Å². The predicted molar refractivity (Wildman–Crippen MR) is 94.6 cm³/mol. The summed E-state index contributed by atoms with van der Waals surface area (Å²) in [5.41, 5.74) is 5.95.